The zero-order valence-corrected chi connectivity index (χ0v) is 19.9. The second-order valence-corrected chi connectivity index (χ2v) is 10.6. The Labute approximate surface area is 207 Å². The molecule has 0 aliphatic rings. The van der Waals surface area contributed by atoms with Crippen LogP contribution in [-0.2, 0) is 38.2 Å². The smallest absolute Gasteiger partial charge is 0.378 e. The first-order valence-corrected chi connectivity index (χ1v) is 13.0. The highest BCUT2D eigenvalue weighted by atomic mass is 32.2. The van der Waals surface area contributed by atoms with E-state index in [2.05, 4.69) is 5.10 Å². The summed E-state index contributed by atoms with van der Waals surface area (Å²) < 4.78 is 130. The average Bonchev–Trinajstić information content (AvgIpc) is 2.79. The Morgan fingerprint density at radius 1 is 0.757 bits per heavy atom. The number of nitrogens with one attached hydrogen (secondary N) is 1. The van der Waals surface area contributed by atoms with Crippen LogP contribution in [0.1, 0.15) is 22.3 Å². The average molecular weight is 567 g/mol. The predicted molar refractivity (Wildman–Crippen MR) is 120 cm³/mol. The summed E-state index contributed by atoms with van der Waals surface area (Å²) in [5.41, 5.74) is -1.94. The maximum absolute atomic E-state index is 12.7. The number of halogens is 6. The van der Waals surface area contributed by atoms with Gasteiger partial charge in [-0.2, -0.15) is 39.9 Å². The van der Waals surface area contributed by atoms with E-state index < -0.39 is 54.3 Å². The number of sulfonamides is 1. The maximum Gasteiger partial charge on any atom is 0.416 e. The monoisotopic (exact) mass is 566 g/mol. The van der Waals surface area contributed by atoms with Crippen LogP contribution < -0.4 is 9.01 Å². The van der Waals surface area contributed by atoms with Crippen LogP contribution in [0.2, 0.25) is 0 Å². The Hall–Kier alpha value is -3.59. The van der Waals surface area contributed by atoms with Gasteiger partial charge in [-0.25, -0.2) is 13.2 Å². The Kier molecular flexibility index (Phi) is 7.88. The van der Waals surface area contributed by atoms with E-state index in [1.165, 1.54) is 24.3 Å². The molecule has 0 atom stereocenters. The second kappa shape index (κ2) is 10.4. The standard InChI is InChI=1S/C22H16F6N2O5S2/c23-21(24,25)17-7-5-15(6-8-17)14-36(31,32)30-29-13-16-3-1-2-4-20(16)35-37(33,34)19-11-9-18(10-12-19)22(26,27)28/h1-13,30H,14H2/b29-13+. The van der Waals surface area contributed by atoms with Crippen molar-refractivity contribution in [3.05, 3.63) is 95.1 Å². The zero-order chi connectivity index (χ0) is 27.5. The van der Waals surface area contributed by atoms with Crippen LogP contribution >= 0.6 is 0 Å². The molecule has 0 aromatic heterocycles. The van der Waals surface area contributed by atoms with Gasteiger partial charge in [0.05, 0.1) is 23.1 Å². The van der Waals surface area contributed by atoms with Gasteiger partial charge in [0, 0.05) is 5.56 Å². The molecule has 1 N–H and O–H groups in total. The summed E-state index contributed by atoms with van der Waals surface area (Å²) in [6.45, 7) is 0. The lowest BCUT2D eigenvalue weighted by molar-refractivity contribution is -0.138. The molecule has 0 bridgehead atoms. The summed E-state index contributed by atoms with van der Waals surface area (Å²) in [5.74, 6) is -0.990. The molecule has 0 saturated carbocycles. The number of hydrogen-bond acceptors (Lipinski definition) is 6. The molecule has 0 heterocycles. The van der Waals surface area contributed by atoms with E-state index in [-0.39, 0.29) is 16.9 Å². The summed E-state index contributed by atoms with van der Waals surface area (Å²) in [5, 5.41) is 3.53. The maximum atomic E-state index is 12.7. The summed E-state index contributed by atoms with van der Waals surface area (Å²) in [6.07, 6.45) is -8.32. The predicted octanol–water partition coefficient (Wildman–Crippen LogP) is 4.95. The number of alkyl halides is 6. The molecule has 0 amide bonds. The molecule has 0 aliphatic heterocycles. The molecule has 0 unspecified atom stereocenters. The highest BCUT2D eigenvalue weighted by Gasteiger charge is 2.31. The third-order valence-electron chi connectivity index (χ3n) is 4.62. The van der Waals surface area contributed by atoms with Gasteiger partial charge in [-0.3, -0.25) is 0 Å². The summed E-state index contributed by atoms with van der Waals surface area (Å²) >= 11 is 0. The molecule has 7 nitrogen and oxygen atoms in total. The van der Waals surface area contributed by atoms with Gasteiger partial charge in [0.25, 0.3) is 10.0 Å². The first-order valence-electron chi connectivity index (χ1n) is 9.96. The molecule has 0 saturated heterocycles. The van der Waals surface area contributed by atoms with Crippen molar-refractivity contribution in [1.82, 2.24) is 4.83 Å². The van der Waals surface area contributed by atoms with Gasteiger partial charge in [-0.1, -0.05) is 24.3 Å². The number of rotatable bonds is 8. The van der Waals surface area contributed by atoms with Crippen molar-refractivity contribution in [1.29, 1.82) is 0 Å². The molecule has 0 spiro atoms. The fourth-order valence-corrected chi connectivity index (χ4v) is 4.72. The van der Waals surface area contributed by atoms with Crippen molar-refractivity contribution in [2.75, 3.05) is 0 Å². The minimum absolute atomic E-state index is 0.00443. The number of hydrazone groups is 1. The Morgan fingerprint density at radius 3 is 1.81 bits per heavy atom. The van der Waals surface area contributed by atoms with Crippen LogP contribution in [0.5, 0.6) is 5.75 Å². The zero-order valence-electron chi connectivity index (χ0n) is 18.3. The lowest BCUT2D eigenvalue weighted by atomic mass is 10.1. The third-order valence-corrected chi connectivity index (χ3v) is 6.97. The van der Waals surface area contributed by atoms with Crippen molar-refractivity contribution in [3.63, 3.8) is 0 Å². The number of para-hydroxylation sites is 1. The largest absolute Gasteiger partial charge is 0.416 e. The molecule has 15 heteroatoms. The molecule has 3 rings (SSSR count). The van der Waals surface area contributed by atoms with Gasteiger partial charge in [-0.05, 0) is 54.1 Å². The van der Waals surface area contributed by atoms with Crippen LogP contribution in [0.4, 0.5) is 26.3 Å². The van der Waals surface area contributed by atoms with Gasteiger partial charge in [0.15, 0.2) is 5.75 Å². The van der Waals surface area contributed by atoms with Crippen LogP contribution in [-0.4, -0.2) is 23.1 Å². The molecular weight excluding hydrogens is 550 g/mol. The van der Waals surface area contributed by atoms with E-state index in [9.17, 15) is 43.2 Å². The molecule has 3 aromatic rings. The molecule has 0 fully saturated rings. The van der Waals surface area contributed by atoms with Crippen LogP contribution in [0, 0.1) is 0 Å². The van der Waals surface area contributed by atoms with Crippen LogP contribution in [0.15, 0.2) is 82.8 Å². The SMILES string of the molecule is O=S(=O)(Cc1ccc(C(F)(F)F)cc1)N/N=C/c1ccccc1OS(=O)(=O)c1ccc(C(F)(F)F)cc1. The van der Waals surface area contributed by atoms with Crippen molar-refractivity contribution in [2.45, 2.75) is 23.0 Å². The van der Waals surface area contributed by atoms with Crippen molar-refractivity contribution in [3.8, 4) is 5.75 Å². The van der Waals surface area contributed by atoms with Gasteiger partial charge < -0.3 is 4.18 Å². The van der Waals surface area contributed by atoms with Gasteiger partial charge in [-0.15, -0.1) is 0 Å². The summed E-state index contributed by atoms with van der Waals surface area (Å²) in [4.78, 5) is 1.30. The molecular formula is C22H16F6N2O5S2. The lowest BCUT2D eigenvalue weighted by Crippen LogP contribution is -2.20. The van der Waals surface area contributed by atoms with E-state index >= 15 is 0 Å². The van der Waals surface area contributed by atoms with Gasteiger partial charge in [0.1, 0.15) is 4.90 Å². The van der Waals surface area contributed by atoms with Crippen molar-refractivity contribution < 1.29 is 47.4 Å². The Balaban J connectivity index is 1.71. The Bertz CT molecular complexity index is 1480. The fraction of sp³-hybridized carbons (Fsp3) is 0.136. The third kappa shape index (κ3) is 7.69. The van der Waals surface area contributed by atoms with E-state index in [0.717, 1.165) is 42.6 Å². The minimum atomic E-state index is -4.66. The fourth-order valence-electron chi connectivity index (χ4n) is 2.86. The molecule has 0 aliphatic carbocycles. The normalized spacial score (nSPS) is 13.0. The quantitative estimate of drug-likeness (QED) is 0.180. The Morgan fingerprint density at radius 2 is 1.27 bits per heavy atom. The topological polar surface area (TPSA) is 102 Å². The number of benzene rings is 3. The first kappa shape index (κ1) is 28.0. The van der Waals surface area contributed by atoms with Crippen LogP contribution in [0.3, 0.4) is 0 Å². The molecule has 0 radical (unpaired) electrons. The second-order valence-electron chi connectivity index (χ2n) is 7.40. The molecule has 37 heavy (non-hydrogen) atoms. The highest BCUT2D eigenvalue weighted by Crippen LogP contribution is 2.31. The highest BCUT2D eigenvalue weighted by molar-refractivity contribution is 7.88. The lowest BCUT2D eigenvalue weighted by Gasteiger charge is -2.11. The van der Waals surface area contributed by atoms with Gasteiger partial charge in [0.2, 0.25) is 0 Å². The van der Waals surface area contributed by atoms with E-state index in [0.29, 0.717) is 12.1 Å². The molecule has 198 valence electrons. The summed E-state index contributed by atoms with van der Waals surface area (Å²) in [7, 11) is -8.69. The van der Waals surface area contributed by atoms with Gasteiger partial charge >= 0.3 is 22.5 Å². The number of hydrogen-bond donors (Lipinski definition) is 1. The van der Waals surface area contributed by atoms with Crippen LogP contribution in [0.25, 0.3) is 0 Å². The van der Waals surface area contributed by atoms with Crippen molar-refractivity contribution in [2.24, 2.45) is 5.10 Å². The summed E-state index contributed by atoms with van der Waals surface area (Å²) in [6, 6.07) is 11.5. The van der Waals surface area contributed by atoms with E-state index in [1.54, 1.807) is 0 Å². The minimum Gasteiger partial charge on any atom is -0.378 e. The van der Waals surface area contributed by atoms with E-state index in [1.807, 2.05) is 4.83 Å². The number of nitrogens with zero attached hydrogens (tertiary/aromatic N) is 1. The van der Waals surface area contributed by atoms with Crippen molar-refractivity contribution >= 4 is 26.4 Å². The molecule has 3 aromatic carbocycles. The first-order chi connectivity index (χ1) is 17.1. The van der Waals surface area contributed by atoms with E-state index in [4.69, 9.17) is 4.18 Å².